The molecule has 0 aromatic heterocycles. The van der Waals surface area contributed by atoms with Crippen molar-refractivity contribution in [1.82, 2.24) is 10.6 Å². The molecule has 1 aliphatic rings. The van der Waals surface area contributed by atoms with Gasteiger partial charge < -0.3 is 15.7 Å². The Morgan fingerprint density at radius 1 is 1.62 bits per heavy atom. The second kappa shape index (κ2) is 4.94. The van der Waals surface area contributed by atoms with E-state index in [9.17, 15) is 5.11 Å². The summed E-state index contributed by atoms with van der Waals surface area (Å²) in [5.74, 6) is 0. The summed E-state index contributed by atoms with van der Waals surface area (Å²) in [4.78, 5) is 0. The Hall–Kier alpha value is -0.120. The number of aliphatic hydroxyl groups excluding tert-OH is 1. The Morgan fingerprint density at radius 2 is 2.38 bits per heavy atom. The van der Waals surface area contributed by atoms with Crippen molar-refractivity contribution in [2.24, 2.45) is 0 Å². The fourth-order valence-corrected chi connectivity index (χ4v) is 1.59. The van der Waals surface area contributed by atoms with Crippen LogP contribution in [0, 0.1) is 0 Å². The largest absolute Gasteiger partial charge is 0.394 e. The lowest BCUT2D eigenvalue weighted by Gasteiger charge is -2.29. The molecule has 0 radical (unpaired) electrons. The van der Waals surface area contributed by atoms with Gasteiger partial charge in [-0.15, -0.1) is 0 Å². The molecule has 1 aliphatic heterocycles. The molecule has 1 fully saturated rings. The van der Waals surface area contributed by atoms with Gasteiger partial charge in [-0.2, -0.15) is 0 Å². The predicted octanol–water partition coefficient (Wildman–Crippen LogP) is 0.489. The molecule has 0 bridgehead atoms. The number of aliphatic hydroxyl groups is 1. The van der Waals surface area contributed by atoms with Crippen LogP contribution in [0.1, 0.15) is 33.1 Å². The lowest BCUT2D eigenvalue weighted by molar-refractivity contribution is 0.167. The van der Waals surface area contributed by atoms with Crippen molar-refractivity contribution in [2.75, 3.05) is 19.7 Å². The van der Waals surface area contributed by atoms with E-state index in [1.807, 2.05) is 0 Å². The fraction of sp³-hybridized carbons (Fsp3) is 1.00. The van der Waals surface area contributed by atoms with E-state index in [4.69, 9.17) is 0 Å². The smallest absolute Gasteiger partial charge is 0.0610 e. The second-order valence-electron chi connectivity index (χ2n) is 4.25. The number of hydrogen-bond acceptors (Lipinski definition) is 3. The normalized spacial score (nSPS) is 27.5. The maximum absolute atomic E-state index is 9.18. The molecule has 0 aromatic carbocycles. The lowest BCUT2D eigenvalue weighted by atomic mass is 10.00. The highest BCUT2D eigenvalue weighted by Gasteiger charge is 2.22. The monoisotopic (exact) mass is 186 g/mol. The Bertz CT molecular complexity index is 140. The first kappa shape index (κ1) is 11.0. The Balaban J connectivity index is 2.22. The first-order valence-electron chi connectivity index (χ1n) is 5.29. The average molecular weight is 186 g/mol. The Morgan fingerprint density at radius 3 is 2.85 bits per heavy atom. The SMILES string of the molecule is CCC(C)(CO)NCC1CCCN1. The maximum atomic E-state index is 9.18. The van der Waals surface area contributed by atoms with Crippen LogP contribution in [0.4, 0.5) is 0 Å². The number of rotatable bonds is 5. The first-order valence-corrected chi connectivity index (χ1v) is 5.29. The summed E-state index contributed by atoms with van der Waals surface area (Å²) in [5.41, 5.74) is -0.0930. The minimum atomic E-state index is -0.0930. The molecule has 0 amide bonds. The van der Waals surface area contributed by atoms with E-state index in [1.54, 1.807) is 0 Å². The summed E-state index contributed by atoms with van der Waals surface area (Å²) in [5, 5.41) is 16.0. The molecule has 2 atom stereocenters. The summed E-state index contributed by atoms with van der Waals surface area (Å²) < 4.78 is 0. The molecule has 3 nitrogen and oxygen atoms in total. The molecule has 1 heterocycles. The van der Waals surface area contributed by atoms with Gasteiger partial charge in [-0.1, -0.05) is 6.92 Å². The molecule has 3 N–H and O–H groups in total. The quantitative estimate of drug-likeness (QED) is 0.585. The Kier molecular flexibility index (Phi) is 4.16. The average Bonchev–Trinajstić information content (AvgIpc) is 2.67. The van der Waals surface area contributed by atoms with Gasteiger partial charge in [-0.25, -0.2) is 0 Å². The molecule has 13 heavy (non-hydrogen) atoms. The highest BCUT2D eigenvalue weighted by Crippen LogP contribution is 2.09. The van der Waals surface area contributed by atoms with E-state index in [2.05, 4.69) is 24.5 Å². The van der Waals surface area contributed by atoms with Gasteiger partial charge in [0, 0.05) is 18.1 Å². The van der Waals surface area contributed by atoms with Crippen molar-refractivity contribution >= 4 is 0 Å². The Labute approximate surface area is 80.9 Å². The highest BCUT2D eigenvalue weighted by molar-refractivity contribution is 4.85. The molecule has 0 saturated carbocycles. The second-order valence-corrected chi connectivity index (χ2v) is 4.25. The molecule has 0 aliphatic carbocycles. The van der Waals surface area contributed by atoms with Crippen LogP contribution in [0.15, 0.2) is 0 Å². The van der Waals surface area contributed by atoms with Gasteiger partial charge in [0.15, 0.2) is 0 Å². The third-order valence-corrected chi connectivity index (χ3v) is 3.07. The van der Waals surface area contributed by atoms with Gasteiger partial charge in [0.05, 0.1) is 6.61 Å². The van der Waals surface area contributed by atoms with E-state index in [1.165, 1.54) is 12.8 Å². The van der Waals surface area contributed by atoms with Crippen LogP contribution in [-0.2, 0) is 0 Å². The summed E-state index contributed by atoms with van der Waals surface area (Å²) in [7, 11) is 0. The molecular formula is C10H22N2O. The number of hydrogen-bond donors (Lipinski definition) is 3. The predicted molar refractivity (Wildman–Crippen MR) is 54.8 cm³/mol. The van der Waals surface area contributed by atoms with Gasteiger partial charge in [-0.05, 0) is 32.7 Å². The van der Waals surface area contributed by atoms with Crippen LogP contribution >= 0.6 is 0 Å². The minimum Gasteiger partial charge on any atom is -0.394 e. The standard InChI is InChI=1S/C10H22N2O/c1-3-10(2,8-13)12-7-9-5-4-6-11-9/h9,11-13H,3-8H2,1-2H3. The van der Waals surface area contributed by atoms with Gasteiger partial charge in [0.1, 0.15) is 0 Å². The summed E-state index contributed by atoms with van der Waals surface area (Å²) in [6.07, 6.45) is 3.52. The maximum Gasteiger partial charge on any atom is 0.0610 e. The first-order chi connectivity index (χ1) is 6.20. The summed E-state index contributed by atoms with van der Waals surface area (Å²) >= 11 is 0. The molecule has 1 rings (SSSR count). The van der Waals surface area contributed by atoms with Gasteiger partial charge >= 0.3 is 0 Å². The zero-order chi connectivity index (χ0) is 9.73. The zero-order valence-corrected chi connectivity index (χ0v) is 8.77. The third kappa shape index (κ3) is 3.25. The van der Waals surface area contributed by atoms with E-state index in [0.717, 1.165) is 19.5 Å². The molecule has 3 heteroatoms. The van der Waals surface area contributed by atoms with Crippen LogP contribution in [0.25, 0.3) is 0 Å². The van der Waals surface area contributed by atoms with Crippen LogP contribution in [-0.4, -0.2) is 36.4 Å². The third-order valence-electron chi connectivity index (χ3n) is 3.07. The lowest BCUT2D eigenvalue weighted by Crippen LogP contribution is -2.49. The van der Waals surface area contributed by atoms with Crippen molar-refractivity contribution in [3.63, 3.8) is 0 Å². The van der Waals surface area contributed by atoms with E-state index >= 15 is 0 Å². The van der Waals surface area contributed by atoms with Crippen molar-refractivity contribution < 1.29 is 5.11 Å². The fourth-order valence-electron chi connectivity index (χ4n) is 1.59. The van der Waals surface area contributed by atoms with Crippen LogP contribution in [0.2, 0.25) is 0 Å². The highest BCUT2D eigenvalue weighted by atomic mass is 16.3. The van der Waals surface area contributed by atoms with Gasteiger partial charge in [0.2, 0.25) is 0 Å². The van der Waals surface area contributed by atoms with Gasteiger partial charge in [-0.3, -0.25) is 0 Å². The molecule has 1 saturated heterocycles. The summed E-state index contributed by atoms with van der Waals surface area (Å²) in [6.45, 7) is 6.52. The molecule has 0 spiro atoms. The van der Waals surface area contributed by atoms with Crippen molar-refractivity contribution in [3.05, 3.63) is 0 Å². The molecular weight excluding hydrogens is 164 g/mol. The zero-order valence-electron chi connectivity index (χ0n) is 8.77. The van der Waals surface area contributed by atoms with E-state index in [0.29, 0.717) is 6.04 Å². The molecule has 0 aromatic rings. The van der Waals surface area contributed by atoms with Crippen molar-refractivity contribution in [2.45, 2.75) is 44.7 Å². The molecule has 2 unspecified atom stereocenters. The van der Waals surface area contributed by atoms with Crippen molar-refractivity contribution in [3.8, 4) is 0 Å². The minimum absolute atomic E-state index is 0.0930. The van der Waals surface area contributed by atoms with Gasteiger partial charge in [0.25, 0.3) is 0 Å². The van der Waals surface area contributed by atoms with Crippen LogP contribution in [0.5, 0.6) is 0 Å². The van der Waals surface area contributed by atoms with E-state index in [-0.39, 0.29) is 12.1 Å². The topological polar surface area (TPSA) is 44.3 Å². The van der Waals surface area contributed by atoms with E-state index < -0.39 is 0 Å². The van der Waals surface area contributed by atoms with Crippen LogP contribution < -0.4 is 10.6 Å². The van der Waals surface area contributed by atoms with Crippen molar-refractivity contribution in [1.29, 1.82) is 0 Å². The summed E-state index contributed by atoms with van der Waals surface area (Å²) in [6, 6.07) is 0.609. The molecule has 78 valence electrons. The number of nitrogens with one attached hydrogen (secondary N) is 2. The van der Waals surface area contributed by atoms with Crippen LogP contribution in [0.3, 0.4) is 0 Å².